The first kappa shape index (κ1) is 27.7. The number of benzene rings is 2. The van der Waals surface area contributed by atoms with Gasteiger partial charge in [-0.05, 0) is 48.1 Å². The van der Waals surface area contributed by atoms with Crippen LogP contribution in [0.2, 0.25) is 0 Å². The summed E-state index contributed by atoms with van der Waals surface area (Å²) in [4.78, 5) is 57.2. The molecule has 0 radical (unpaired) electrons. The van der Waals surface area contributed by atoms with Gasteiger partial charge in [-0.25, -0.2) is 4.79 Å². The second-order valence-electron chi connectivity index (χ2n) is 11.5. The molecule has 6 rings (SSSR count). The van der Waals surface area contributed by atoms with Gasteiger partial charge in [-0.2, -0.15) is 0 Å². The highest BCUT2D eigenvalue weighted by Crippen LogP contribution is 2.39. The Hall–Kier alpha value is -4.44. The molecule has 4 amide bonds. The maximum absolute atomic E-state index is 14.4. The van der Waals surface area contributed by atoms with Gasteiger partial charge in [0, 0.05) is 43.9 Å². The molecule has 3 aliphatic heterocycles. The van der Waals surface area contributed by atoms with Crippen LogP contribution < -0.4 is 20.3 Å². The molecule has 3 unspecified atom stereocenters. The summed E-state index contributed by atoms with van der Waals surface area (Å²) in [5, 5.41) is 2.50. The summed E-state index contributed by atoms with van der Waals surface area (Å²) in [7, 11) is 3.08. The van der Waals surface area contributed by atoms with Crippen molar-refractivity contribution in [1.29, 1.82) is 0 Å². The normalized spacial score (nSPS) is 23.8. The molecule has 4 heterocycles. The van der Waals surface area contributed by atoms with Gasteiger partial charge in [-0.1, -0.05) is 42.5 Å². The molecule has 10 heteroatoms. The SMILES string of the molecule is COc1ccc(CC2(CN3CC4CC(C3)c3cccc(=O)n3C4)C(=O)NC(=O)N(Cc3ccccc3)C2=O)cc1OC. The Morgan fingerprint density at radius 1 is 0.857 bits per heavy atom. The van der Waals surface area contributed by atoms with E-state index in [1.807, 2.05) is 47.0 Å². The number of aromatic nitrogens is 1. The van der Waals surface area contributed by atoms with Crippen molar-refractivity contribution in [2.75, 3.05) is 33.9 Å². The predicted molar refractivity (Wildman–Crippen MR) is 154 cm³/mol. The molecule has 0 aliphatic carbocycles. The molecular formula is C32H34N4O6. The number of barbiturate groups is 1. The standard InChI is InChI=1S/C32H34N4O6/c1-41-26-12-11-22(14-27(26)42-2)15-32(29(38)33-31(40)36(30(32)39)17-21-7-4-3-5-8-21)20-34-16-23-13-24(19-34)25-9-6-10-28(37)35(25)18-23/h3-12,14,23-24H,13,15-20H2,1-2H3,(H,33,38,40). The van der Waals surface area contributed by atoms with Crippen LogP contribution in [-0.2, 0) is 29.1 Å². The van der Waals surface area contributed by atoms with E-state index in [-0.39, 0.29) is 36.9 Å². The van der Waals surface area contributed by atoms with Gasteiger partial charge in [0.05, 0.1) is 20.8 Å². The number of carbonyl (C=O) groups is 3. The minimum absolute atomic E-state index is 0.00234. The summed E-state index contributed by atoms with van der Waals surface area (Å²) >= 11 is 0. The number of pyridine rings is 1. The summed E-state index contributed by atoms with van der Waals surface area (Å²) in [6.45, 7) is 2.02. The van der Waals surface area contributed by atoms with Crippen molar-refractivity contribution in [2.24, 2.45) is 11.3 Å². The van der Waals surface area contributed by atoms with E-state index in [9.17, 15) is 19.2 Å². The average Bonchev–Trinajstić information content (AvgIpc) is 2.99. The number of ether oxygens (including phenoxy) is 2. The van der Waals surface area contributed by atoms with Gasteiger partial charge in [-0.3, -0.25) is 24.6 Å². The lowest BCUT2D eigenvalue weighted by atomic mass is 9.75. The van der Waals surface area contributed by atoms with Crippen LogP contribution in [0.25, 0.3) is 0 Å². The number of hydrogen-bond donors (Lipinski definition) is 1. The Bertz CT molecular complexity index is 1590. The quantitative estimate of drug-likeness (QED) is 0.415. The van der Waals surface area contributed by atoms with Gasteiger partial charge in [-0.15, -0.1) is 0 Å². The number of methoxy groups -OCH3 is 2. The fraction of sp³-hybridized carbons (Fsp3) is 0.375. The first-order chi connectivity index (χ1) is 20.3. The lowest BCUT2D eigenvalue weighted by Gasteiger charge is -2.47. The van der Waals surface area contributed by atoms with Gasteiger partial charge in [0.15, 0.2) is 11.5 Å². The van der Waals surface area contributed by atoms with E-state index in [1.165, 1.54) is 7.11 Å². The number of nitrogens with one attached hydrogen (secondary N) is 1. The van der Waals surface area contributed by atoms with Crippen molar-refractivity contribution < 1.29 is 23.9 Å². The monoisotopic (exact) mass is 570 g/mol. The van der Waals surface area contributed by atoms with Crippen molar-refractivity contribution in [2.45, 2.75) is 31.8 Å². The molecule has 1 N–H and O–H groups in total. The van der Waals surface area contributed by atoms with E-state index in [2.05, 4.69) is 10.2 Å². The largest absolute Gasteiger partial charge is 0.493 e. The maximum atomic E-state index is 14.4. The lowest BCUT2D eigenvalue weighted by Crippen LogP contribution is -2.67. The van der Waals surface area contributed by atoms with Crippen molar-refractivity contribution in [3.63, 3.8) is 0 Å². The van der Waals surface area contributed by atoms with Crippen LogP contribution in [0, 0.1) is 11.3 Å². The summed E-state index contributed by atoms with van der Waals surface area (Å²) in [6.07, 6.45) is 1.01. The van der Waals surface area contributed by atoms with Gasteiger partial charge >= 0.3 is 6.03 Å². The van der Waals surface area contributed by atoms with Crippen molar-refractivity contribution in [1.82, 2.24) is 19.7 Å². The first-order valence-electron chi connectivity index (χ1n) is 14.2. The van der Waals surface area contributed by atoms with Crippen LogP contribution in [0.15, 0.2) is 71.5 Å². The van der Waals surface area contributed by atoms with Crippen LogP contribution in [-0.4, -0.2) is 66.1 Å². The van der Waals surface area contributed by atoms with E-state index in [1.54, 1.807) is 31.4 Å². The van der Waals surface area contributed by atoms with Crippen molar-refractivity contribution >= 4 is 17.8 Å². The molecule has 2 saturated heterocycles. The topological polar surface area (TPSA) is 110 Å². The Labute approximate surface area is 243 Å². The Morgan fingerprint density at radius 3 is 2.40 bits per heavy atom. The summed E-state index contributed by atoms with van der Waals surface area (Å²) < 4.78 is 12.7. The highest BCUT2D eigenvalue weighted by molar-refractivity contribution is 6.19. The highest BCUT2D eigenvalue weighted by atomic mass is 16.5. The Kier molecular flexibility index (Phi) is 7.32. The summed E-state index contributed by atoms with van der Waals surface area (Å²) in [5.74, 6) is 0.201. The Morgan fingerprint density at radius 2 is 1.64 bits per heavy atom. The molecule has 10 nitrogen and oxygen atoms in total. The zero-order valence-corrected chi connectivity index (χ0v) is 23.7. The zero-order chi connectivity index (χ0) is 29.4. The molecule has 3 atom stereocenters. The molecule has 0 spiro atoms. The molecular weight excluding hydrogens is 536 g/mol. The lowest BCUT2D eigenvalue weighted by molar-refractivity contribution is -0.154. The number of likely N-dealkylation sites (tertiary alicyclic amines) is 1. The second kappa shape index (κ2) is 11.1. The Balaban J connectivity index is 1.37. The number of rotatable bonds is 8. The molecule has 3 aromatic rings. The number of imide groups is 2. The second-order valence-corrected chi connectivity index (χ2v) is 11.5. The molecule has 0 saturated carbocycles. The predicted octanol–water partition coefficient (Wildman–Crippen LogP) is 2.79. The number of nitrogens with zero attached hydrogens (tertiary/aromatic N) is 3. The number of urea groups is 1. The molecule has 1 aromatic heterocycles. The average molecular weight is 571 g/mol. The van der Waals surface area contributed by atoms with Gasteiger partial charge < -0.3 is 18.9 Å². The third-order valence-electron chi connectivity index (χ3n) is 8.74. The number of carbonyl (C=O) groups excluding carboxylic acids is 3. The van der Waals surface area contributed by atoms with Crippen LogP contribution in [0.1, 0.15) is 29.2 Å². The molecule has 2 aromatic carbocycles. The van der Waals surface area contributed by atoms with E-state index >= 15 is 0 Å². The van der Waals surface area contributed by atoms with Crippen LogP contribution >= 0.6 is 0 Å². The number of fused-ring (bicyclic) bond motifs is 4. The fourth-order valence-corrected chi connectivity index (χ4v) is 6.84. The van der Waals surface area contributed by atoms with Gasteiger partial charge in [0.1, 0.15) is 5.41 Å². The van der Waals surface area contributed by atoms with E-state index < -0.39 is 23.3 Å². The highest BCUT2D eigenvalue weighted by Gasteiger charge is 2.55. The third kappa shape index (κ3) is 4.96. The minimum Gasteiger partial charge on any atom is -0.493 e. The minimum atomic E-state index is -1.57. The van der Waals surface area contributed by atoms with Crippen LogP contribution in [0.5, 0.6) is 11.5 Å². The molecule has 3 aliphatic rings. The van der Waals surface area contributed by atoms with Gasteiger partial charge in [0.2, 0.25) is 11.8 Å². The first-order valence-corrected chi connectivity index (χ1v) is 14.2. The summed E-state index contributed by atoms with van der Waals surface area (Å²) in [6, 6.07) is 19.2. The fourth-order valence-electron chi connectivity index (χ4n) is 6.84. The molecule has 2 bridgehead atoms. The van der Waals surface area contributed by atoms with Crippen LogP contribution in [0.3, 0.4) is 0 Å². The van der Waals surface area contributed by atoms with Gasteiger partial charge in [0.25, 0.3) is 5.56 Å². The summed E-state index contributed by atoms with van der Waals surface area (Å²) in [5.41, 5.74) is 0.906. The third-order valence-corrected chi connectivity index (χ3v) is 8.74. The zero-order valence-electron chi connectivity index (χ0n) is 23.7. The smallest absolute Gasteiger partial charge is 0.331 e. The molecule has 42 heavy (non-hydrogen) atoms. The van der Waals surface area contributed by atoms with Crippen LogP contribution in [0.4, 0.5) is 4.79 Å². The number of piperidine rings is 1. The number of hydrogen-bond acceptors (Lipinski definition) is 7. The van der Waals surface area contributed by atoms with E-state index in [0.717, 1.165) is 22.6 Å². The van der Waals surface area contributed by atoms with Crippen molar-refractivity contribution in [3.05, 3.63) is 93.9 Å². The van der Waals surface area contributed by atoms with E-state index in [0.29, 0.717) is 36.7 Å². The molecule has 218 valence electrons. The molecule has 2 fully saturated rings. The van der Waals surface area contributed by atoms with Crippen molar-refractivity contribution in [3.8, 4) is 11.5 Å². The maximum Gasteiger partial charge on any atom is 0.331 e. The van der Waals surface area contributed by atoms with E-state index in [4.69, 9.17) is 9.47 Å². The number of amides is 4.